The van der Waals surface area contributed by atoms with Crippen molar-refractivity contribution in [2.45, 2.75) is 77.2 Å². The van der Waals surface area contributed by atoms with Crippen molar-refractivity contribution in [1.82, 2.24) is 20.1 Å². The Morgan fingerprint density at radius 3 is 2.55 bits per heavy atom. The zero-order chi connectivity index (χ0) is 21.8. The molecule has 2 saturated heterocycles. The number of hydrogen-bond acceptors (Lipinski definition) is 4. The lowest BCUT2D eigenvalue weighted by Gasteiger charge is -2.35. The number of aromatic amines is 1. The van der Waals surface area contributed by atoms with E-state index in [4.69, 9.17) is 0 Å². The normalized spacial score (nSPS) is 24.3. The Labute approximate surface area is 184 Å². The molecule has 170 valence electrons. The van der Waals surface area contributed by atoms with Crippen molar-refractivity contribution in [3.05, 3.63) is 22.5 Å². The first-order valence-electron chi connectivity index (χ1n) is 12.1. The van der Waals surface area contributed by atoms with Crippen LogP contribution in [0, 0.1) is 6.92 Å². The van der Waals surface area contributed by atoms with Crippen LogP contribution in [0.25, 0.3) is 0 Å². The summed E-state index contributed by atoms with van der Waals surface area (Å²) in [7, 11) is 0. The summed E-state index contributed by atoms with van der Waals surface area (Å²) in [6.07, 6.45) is 8.93. The van der Waals surface area contributed by atoms with E-state index >= 15 is 0 Å². The second-order valence-electron chi connectivity index (χ2n) is 9.35. The summed E-state index contributed by atoms with van der Waals surface area (Å²) in [5.74, 6) is 0.320. The number of carbonyl (C=O) groups excluding carboxylic acids is 3. The van der Waals surface area contributed by atoms with Crippen LogP contribution in [0.2, 0.25) is 0 Å². The number of hydrogen-bond donors (Lipinski definition) is 2. The molecule has 31 heavy (non-hydrogen) atoms. The number of carbonyl (C=O) groups is 3. The van der Waals surface area contributed by atoms with E-state index in [1.165, 1.54) is 12.8 Å². The number of aryl methyl sites for hydroxylation is 1. The second kappa shape index (κ2) is 9.98. The van der Waals surface area contributed by atoms with Crippen LogP contribution in [0.5, 0.6) is 0 Å². The molecule has 7 nitrogen and oxygen atoms in total. The van der Waals surface area contributed by atoms with Crippen molar-refractivity contribution in [2.24, 2.45) is 0 Å². The van der Waals surface area contributed by atoms with Crippen molar-refractivity contribution < 1.29 is 14.4 Å². The van der Waals surface area contributed by atoms with Crippen molar-refractivity contribution in [3.63, 3.8) is 0 Å². The minimum Gasteiger partial charge on any atom is -0.356 e. The van der Waals surface area contributed by atoms with E-state index in [1.54, 1.807) is 0 Å². The van der Waals surface area contributed by atoms with Gasteiger partial charge in [-0.2, -0.15) is 0 Å². The average Bonchev–Trinajstić information content (AvgIpc) is 3.10. The Hall–Kier alpha value is -2.15. The van der Waals surface area contributed by atoms with Gasteiger partial charge in [0.1, 0.15) is 5.69 Å². The Bertz CT molecular complexity index is 831. The third-order valence-corrected chi connectivity index (χ3v) is 7.16. The first kappa shape index (κ1) is 22.1. The fourth-order valence-electron chi connectivity index (χ4n) is 5.45. The zero-order valence-electron chi connectivity index (χ0n) is 18.8. The van der Waals surface area contributed by atoms with Gasteiger partial charge >= 0.3 is 0 Å². The van der Waals surface area contributed by atoms with Crippen molar-refractivity contribution >= 4 is 17.6 Å². The van der Waals surface area contributed by atoms with Crippen LogP contribution in [-0.2, 0) is 11.2 Å². The van der Waals surface area contributed by atoms with E-state index in [1.807, 2.05) is 11.8 Å². The molecule has 2 amide bonds. The summed E-state index contributed by atoms with van der Waals surface area (Å²) < 4.78 is 0. The Morgan fingerprint density at radius 2 is 1.71 bits per heavy atom. The van der Waals surface area contributed by atoms with Crippen LogP contribution < -0.4 is 5.32 Å². The number of H-pyrrole nitrogens is 1. The lowest BCUT2D eigenvalue weighted by atomic mass is 9.93. The maximum atomic E-state index is 13.5. The molecule has 0 bridgehead atoms. The zero-order valence-corrected chi connectivity index (χ0v) is 18.8. The topological polar surface area (TPSA) is 85.5 Å². The van der Waals surface area contributed by atoms with Gasteiger partial charge in [-0.15, -0.1) is 0 Å². The molecule has 0 saturated carbocycles. The molecule has 2 aliphatic heterocycles. The summed E-state index contributed by atoms with van der Waals surface area (Å²) in [5.41, 5.74) is 3.09. The predicted molar refractivity (Wildman–Crippen MR) is 119 cm³/mol. The minimum absolute atomic E-state index is 0.00815. The summed E-state index contributed by atoms with van der Waals surface area (Å²) in [6.45, 7) is 5.91. The van der Waals surface area contributed by atoms with Gasteiger partial charge in [0.2, 0.25) is 5.91 Å². The fraction of sp³-hybridized carbons (Fsp3) is 0.708. The molecule has 1 aliphatic carbocycles. The van der Waals surface area contributed by atoms with Gasteiger partial charge in [-0.05, 0) is 64.0 Å². The van der Waals surface area contributed by atoms with E-state index in [9.17, 15) is 14.4 Å². The summed E-state index contributed by atoms with van der Waals surface area (Å²) in [4.78, 5) is 45.9. The number of rotatable bonds is 1. The predicted octanol–water partition coefficient (Wildman–Crippen LogP) is 2.83. The molecule has 7 heteroatoms. The highest BCUT2D eigenvalue weighted by atomic mass is 16.2. The van der Waals surface area contributed by atoms with E-state index in [-0.39, 0.29) is 17.6 Å². The molecule has 2 fully saturated rings. The summed E-state index contributed by atoms with van der Waals surface area (Å²) >= 11 is 0. The second-order valence-corrected chi connectivity index (χ2v) is 9.35. The van der Waals surface area contributed by atoms with E-state index in [0.29, 0.717) is 44.2 Å². The monoisotopic (exact) mass is 428 g/mol. The van der Waals surface area contributed by atoms with Crippen molar-refractivity contribution in [3.8, 4) is 0 Å². The van der Waals surface area contributed by atoms with Gasteiger partial charge in [-0.1, -0.05) is 6.42 Å². The van der Waals surface area contributed by atoms with Gasteiger partial charge in [-0.25, -0.2) is 0 Å². The van der Waals surface area contributed by atoms with Gasteiger partial charge in [0.25, 0.3) is 5.91 Å². The van der Waals surface area contributed by atoms with E-state index in [2.05, 4.69) is 15.2 Å². The lowest BCUT2D eigenvalue weighted by Crippen LogP contribution is -2.44. The SMILES string of the molecule is Cc1c(C(=O)N2CCCCNC(=O)CC3CCCCN3CCC2)[nH]c2c1C(=O)CCC2. The van der Waals surface area contributed by atoms with Gasteiger partial charge in [0, 0.05) is 56.3 Å². The fourth-order valence-corrected chi connectivity index (χ4v) is 5.45. The van der Waals surface area contributed by atoms with Gasteiger partial charge in [0.05, 0.1) is 0 Å². The summed E-state index contributed by atoms with van der Waals surface area (Å²) in [5, 5.41) is 3.06. The van der Waals surface area contributed by atoms with E-state index in [0.717, 1.165) is 68.4 Å². The molecule has 1 aromatic rings. The largest absolute Gasteiger partial charge is 0.356 e. The molecule has 4 rings (SSSR count). The van der Waals surface area contributed by atoms with Crippen LogP contribution in [0.15, 0.2) is 0 Å². The number of nitrogens with zero attached hydrogens (tertiary/aromatic N) is 2. The Morgan fingerprint density at radius 1 is 0.935 bits per heavy atom. The Balaban J connectivity index is 1.49. The molecular weight excluding hydrogens is 392 g/mol. The quantitative estimate of drug-likeness (QED) is 0.720. The summed E-state index contributed by atoms with van der Waals surface area (Å²) in [6, 6.07) is 0.321. The molecule has 3 aliphatic rings. The van der Waals surface area contributed by atoms with Crippen molar-refractivity contribution in [1.29, 1.82) is 0 Å². The molecule has 1 atom stereocenters. The lowest BCUT2D eigenvalue weighted by molar-refractivity contribution is -0.122. The standard InChI is InChI=1S/C24H36N4O3/c1-17-22-19(9-6-10-20(22)29)26-23(17)24(31)28-13-5-3-11-25-21(30)16-18-8-2-4-12-27(18)14-7-15-28/h18,26H,2-16H2,1H3,(H,25,30). The van der Waals surface area contributed by atoms with Crippen LogP contribution in [0.3, 0.4) is 0 Å². The third kappa shape index (κ3) is 5.03. The number of ketones is 1. The van der Waals surface area contributed by atoms with Gasteiger partial charge in [-0.3, -0.25) is 19.3 Å². The number of nitrogens with one attached hydrogen (secondary N) is 2. The molecule has 1 aromatic heterocycles. The molecular formula is C24H36N4O3. The molecule has 1 unspecified atom stereocenters. The number of aromatic nitrogens is 1. The van der Waals surface area contributed by atoms with Crippen LogP contribution in [0.1, 0.15) is 89.9 Å². The maximum absolute atomic E-state index is 13.5. The van der Waals surface area contributed by atoms with E-state index < -0.39 is 0 Å². The first-order valence-corrected chi connectivity index (χ1v) is 12.1. The van der Waals surface area contributed by atoms with Crippen LogP contribution in [0.4, 0.5) is 0 Å². The van der Waals surface area contributed by atoms with Crippen LogP contribution in [-0.4, -0.2) is 71.1 Å². The Kier molecular flexibility index (Phi) is 7.10. The van der Waals surface area contributed by atoms with Gasteiger partial charge < -0.3 is 15.2 Å². The first-order chi connectivity index (χ1) is 15.0. The van der Waals surface area contributed by atoms with Crippen molar-refractivity contribution in [2.75, 3.05) is 32.7 Å². The maximum Gasteiger partial charge on any atom is 0.270 e. The molecule has 3 heterocycles. The number of amides is 2. The molecule has 0 spiro atoms. The third-order valence-electron chi connectivity index (χ3n) is 7.16. The molecule has 0 aromatic carbocycles. The highest BCUT2D eigenvalue weighted by molar-refractivity contribution is 6.04. The molecule has 0 radical (unpaired) electrons. The average molecular weight is 429 g/mol. The number of piperidine rings is 1. The number of fused-ring (bicyclic) bond motifs is 2. The highest BCUT2D eigenvalue weighted by Gasteiger charge is 2.29. The van der Waals surface area contributed by atoms with Crippen LogP contribution >= 0.6 is 0 Å². The highest BCUT2D eigenvalue weighted by Crippen LogP contribution is 2.27. The molecule has 2 N–H and O–H groups in total. The number of Topliss-reactive ketones (excluding diaryl/α,β-unsaturated/α-hetero) is 1. The smallest absolute Gasteiger partial charge is 0.270 e. The van der Waals surface area contributed by atoms with Gasteiger partial charge in [0.15, 0.2) is 5.78 Å². The minimum atomic E-state index is 0.00815.